The number of hydrogen-bond acceptors (Lipinski definition) is 4. The maximum absolute atomic E-state index is 12.6. The minimum absolute atomic E-state index is 0.0678. The van der Waals surface area contributed by atoms with E-state index in [1.165, 1.54) is 11.1 Å². The Kier molecular flexibility index (Phi) is 4.67. The molecule has 3 heterocycles. The van der Waals surface area contributed by atoms with Crippen molar-refractivity contribution < 1.29 is 4.79 Å². The number of pyridine rings is 1. The van der Waals surface area contributed by atoms with Crippen LogP contribution in [0.2, 0.25) is 0 Å². The molecule has 0 radical (unpaired) electrons. The Morgan fingerprint density at radius 1 is 1.15 bits per heavy atom. The van der Waals surface area contributed by atoms with Crippen molar-refractivity contribution in [3.63, 3.8) is 0 Å². The van der Waals surface area contributed by atoms with Gasteiger partial charge in [-0.15, -0.1) is 10.2 Å². The van der Waals surface area contributed by atoms with Crippen LogP contribution in [0.4, 0.5) is 0 Å². The van der Waals surface area contributed by atoms with Crippen molar-refractivity contribution in [1.82, 2.24) is 24.8 Å². The molecule has 1 aliphatic heterocycles. The summed E-state index contributed by atoms with van der Waals surface area (Å²) in [6.45, 7) is 4.29. The highest BCUT2D eigenvalue weighted by molar-refractivity contribution is 5.81. The van der Waals surface area contributed by atoms with E-state index in [0.717, 1.165) is 31.0 Å². The molecule has 0 saturated carbocycles. The predicted molar refractivity (Wildman–Crippen MR) is 99.7 cm³/mol. The van der Waals surface area contributed by atoms with Crippen LogP contribution in [0.15, 0.2) is 48.7 Å². The van der Waals surface area contributed by atoms with Gasteiger partial charge in [0.05, 0.1) is 6.04 Å². The SMILES string of the molecule is C[C@H](C(=O)NCCc1nnc2ccccn12)N1CCc2ccccc2C1. The highest BCUT2D eigenvalue weighted by atomic mass is 16.2. The molecule has 6 heteroatoms. The number of nitrogens with one attached hydrogen (secondary N) is 1. The van der Waals surface area contributed by atoms with Gasteiger partial charge < -0.3 is 5.32 Å². The standard InChI is InChI=1S/C20H23N5O/c1-15(24-13-10-16-6-2-3-7-17(16)14-24)20(26)21-11-9-19-23-22-18-8-4-5-12-25(18)19/h2-8,12,15H,9-11,13-14H2,1H3,(H,21,26)/t15-/m1/s1. The van der Waals surface area contributed by atoms with Gasteiger partial charge in [0, 0.05) is 32.3 Å². The average Bonchev–Trinajstić information content (AvgIpc) is 3.10. The van der Waals surface area contributed by atoms with Crippen molar-refractivity contribution >= 4 is 11.6 Å². The van der Waals surface area contributed by atoms with Crippen molar-refractivity contribution in [3.05, 3.63) is 65.6 Å². The number of carbonyl (C=O) groups excluding carboxylic acids is 1. The lowest BCUT2D eigenvalue weighted by Crippen LogP contribution is -2.47. The number of hydrogen-bond donors (Lipinski definition) is 1. The van der Waals surface area contributed by atoms with Gasteiger partial charge in [-0.2, -0.15) is 0 Å². The summed E-state index contributed by atoms with van der Waals surface area (Å²) < 4.78 is 1.96. The number of rotatable bonds is 5. The van der Waals surface area contributed by atoms with Crippen molar-refractivity contribution in [2.24, 2.45) is 0 Å². The fourth-order valence-corrected chi connectivity index (χ4v) is 3.52. The molecule has 0 saturated heterocycles. The lowest BCUT2D eigenvalue weighted by molar-refractivity contribution is -0.126. The first-order chi connectivity index (χ1) is 12.7. The minimum atomic E-state index is -0.140. The van der Waals surface area contributed by atoms with Gasteiger partial charge in [-0.1, -0.05) is 30.3 Å². The van der Waals surface area contributed by atoms with E-state index < -0.39 is 0 Å². The zero-order valence-electron chi connectivity index (χ0n) is 14.9. The molecule has 134 valence electrons. The monoisotopic (exact) mass is 349 g/mol. The van der Waals surface area contributed by atoms with Crippen LogP contribution in [0.1, 0.15) is 23.9 Å². The minimum Gasteiger partial charge on any atom is -0.354 e. The Balaban J connectivity index is 1.32. The van der Waals surface area contributed by atoms with Crippen LogP contribution in [0, 0.1) is 0 Å². The van der Waals surface area contributed by atoms with Gasteiger partial charge in [0.1, 0.15) is 5.82 Å². The number of benzene rings is 1. The smallest absolute Gasteiger partial charge is 0.237 e. The second kappa shape index (κ2) is 7.25. The van der Waals surface area contributed by atoms with Crippen molar-refractivity contribution in [2.75, 3.05) is 13.1 Å². The molecule has 1 amide bonds. The second-order valence-corrected chi connectivity index (χ2v) is 6.75. The molecule has 4 rings (SSSR count). The normalized spacial score (nSPS) is 15.6. The van der Waals surface area contributed by atoms with Gasteiger partial charge in [-0.25, -0.2) is 0 Å². The highest BCUT2D eigenvalue weighted by Crippen LogP contribution is 2.20. The van der Waals surface area contributed by atoms with Crippen molar-refractivity contribution in [3.8, 4) is 0 Å². The summed E-state index contributed by atoms with van der Waals surface area (Å²) in [6.07, 6.45) is 3.60. The van der Waals surface area contributed by atoms with Crippen molar-refractivity contribution in [2.45, 2.75) is 32.4 Å². The Labute approximate surface area is 152 Å². The predicted octanol–water partition coefficient (Wildman–Crippen LogP) is 1.83. The van der Waals surface area contributed by atoms with E-state index in [4.69, 9.17) is 0 Å². The third-order valence-corrected chi connectivity index (χ3v) is 5.12. The number of amides is 1. The molecule has 2 aromatic heterocycles. The Morgan fingerprint density at radius 3 is 2.85 bits per heavy atom. The summed E-state index contributed by atoms with van der Waals surface area (Å²) in [5.74, 6) is 0.929. The molecule has 26 heavy (non-hydrogen) atoms. The van der Waals surface area contributed by atoms with E-state index >= 15 is 0 Å². The Bertz CT molecular complexity index is 919. The third-order valence-electron chi connectivity index (χ3n) is 5.12. The molecule has 0 spiro atoms. The van der Waals surface area contributed by atoms with E-state index in [1.807, 2.05) is 35.7 Å². The number of carbonyl (C=O) groups is 1. The van der Waals surface area contributed by atoms with E-state index in [0.29, 0.717) is 13.0 Å². The zero-order valence-corrected chi connectivity index (χ0v) is 14.9. The number of nitrogens with zero attached hydrogens (tertiary/aromatic N) is 4. The van der Waals surface area contributed by atoms with Crippen LogP contribution in [-0.2, 0) is 24.2 Å². The second-order valence-electron chi connectivity index (χ2n) is 6.75. The quantitative estimate of drug-likeness (QED) is 0.763. The fraction of sp³-hybridized carbons (Fsp3) is 0.350. The molecule has 1 N–H and O–H groups in total. The maximum Gasteiger partial charge on any atom is 0.237 e. The first kappa shape index (κ1) is 16.7. The van der Waals surface area contributed by atoms with Crippen LogP contribution < -0.4 is 5.32 Å². The molecular weight excluding hydrogens is 326 g/mol. The van der Waals surface area contributed by atoms with Gasteiger partial charge in [-0.3, -0.25) is 14.1 Å². The van der Waals surface area contributed by atoms with Crippen LogP contribution in [0.3, 0.4) is 0 Å². The Hall–Kier alpha value is -2.73. The zero-order chi connectivity index (χ0) is 17.9. The Morgan fingerprint density at radius 2 is 1.96 bits per heavy atom. The maximum atomic E-state index is 12.6. The molecule has 1 atom stereocenters. The average molecular weight is 349 g/mol. The van der Waals surface area contributed by atoms with Crippen molar-refractivity contribution in [1.29, 1.82) is 0 Å². The molecule has 0 unspecified atom stereocenters. The van der Waals surface area contributed by atoms with E-state index in [9.17, 15) is 4.79 Å². The lowest BCUT2D eigenvalue weighted by Gasteiger charge is -2.32. The van der Waals surface area contributed by atoms with E-state index in [-0.39, 0.29) is 11.9 Å². The molecule has 3 aromatic rings. The largest absolute Gasteiger partial charge is 0.354 e. The van der Waals surface area contributed by atoms with Gasteiger partial charge in [0.2, 0.25) is 5.91 Å². The van der Waals surface area contributed by atoms with Crippen LogP contribution in [0.5, 0.6) is 0 Å². The summed E-state index contributed by atoms with van der Waals surface area (Å²) in [4.78, 5) is 14.8. The first-order valence-corrected chi connectivity index (χ1v) is 9.09. The number of fused-ring (bicyclic) bond motifs is 2. The highest BCUT2D eigenvalue weighted by Gasteiger charge is 2.24. The number of aromatic nitrogens is 3. The molecule has 1 aliphatic rings. The van der Waals surface area contributed by atoms with Gasteiger partial charge in [0.25, 0.3) is 0 Å². The van der Waals surface area contributed by atoms with Crippen LogP contribution >= 0.6 is 0 Å². The van der Waals surface area contributed by atoms with Crippen LogP contribution in [0.25, 0.3) is 5.65 Å². The molecule has 0 bridgehead atoms. The van der Waals surface area contributed by atoms with E-state index in [1.54, 1.807) is 0 Å². The summed E-state index contributed by atoms with van der Waals surface area (Å²) in [5.41, 5.74) is 3.55. The van der Waals surface area contributed by atoms with Gasteiger partial charge in [0.15, 0.2) is 5.65 Å². The summed E-state index contributed by atoms with van der Waals surface area (Å²) >= 11 is 0. The lowest BCUT2D eigenvalue weighted by atomic mass is 9.99. The first-order valence-electron chi connectivity index (χ1n) is 9.09. The van der Waals surface area contributed by atoms with Gasteiger partial charge in [-0.05, 0) is 36.6 Å². The van der Waals surface area contributed by atoms with Crippen LogP contribution in [-0.4, -0.2) is 44.5 Å². The third kappa shape index (κ3) is 3.32. The topological polar surface area (TPSA) is 62.5 Å². The van der Waals surface area contributed by atoms with Gasteiger partial charge >= 0.3 is 0 Å². The molecule has 0 fully saturated rings. The van der Waals surface area contributed by atoms with E-state index in [2.05, 4.69) is 44.7 Å². The fourth-order valence-electron chi connectivity index (χ4n) is 3.52. The summed E-state index contributed by atoms with van der Waals surface area (Å²) in [6, 6.07) is 14.2. The summed E-state index contributed by atoms with van der Waals surface area (Å²) in [5, 5.41) is 11.4. The molecule has 6 nitrogen and oxygen atoms in total. The molecular formula is C20H23N5O. The molecule has 1 aromatic carbocycles. The molecule has 0 aliphatic carbocycles. The summed E-state index contributed by atoms with van der Waals surface area (Å²) in [7, 11) is 0.